The smallest absolute Gasteiger partial charge is 0.550 e. The van der Waals surface area contributed by atoms with E-state index in [-0.39, 0.29) is 61.3 Å². The molecule has 0 saturated carbocycles. The Labute approximate surface area is 105 Å². The topological polar surface area (TPSA) is 80.3 Å². The van der Waals surface area contributed by atoms with Gasteiger partial charge in [0.25, 0.3) is 0 Å². The zero-order valence-electron chi connectivity index (χ0n) is 7.46. The fraction of sp³-hybridized carbons (Fsp3) is 0.667. The van der Waals surface area contributed by atoms with Crippen LogP contribution in [0.3, 0.4) is 0 Å². The Morgan fingerprint density at radius 2 is 1.17 bits per heavy atom. The van der Waals surface area contributed by atoms with Crippen LogP contribution >= 0.6 is 0 Å². The standard InChI is InChI=1S/C6H10O4.Li.Na/c7-5(8)3-1-2-4-6(9)10;;/h1-4H2,(H,7,8)(H,9,10);;/q;2*+1/p-2. The van der Waals surface area contributed by atoms with Crippen LogP contribution in [-0.2, 0) is 9.59 Å². The molecule has 0 spiro atoms. The number of hydrogen-bond acceptors (Lipinski definition) is 4. The first-order valence-corrected chi connectivity index (χ1v) is 3.02. The Bertz CT molecular complexity index is 124. The quantitative estimate of drug-likeness (QED) is 0.306. The summed E-state index contributed by atoms with van der Waals surface area (Å²) in [6.07, 6.45) is 0.535. The van der Waals surface area contributed by atoms with Crippen molar-refractivity contribution in [2.75, 3.05) is 0 Å². The Morgan fingerprint density at radius 3 is 1.33 bits per heavy atom. The fourth-order valence-electron chi connectivity index (χ4n) is 0.539. The van der Waals surface area contributed by atoms with Crippen molar-refractivity contribution in [2.24, 2.45) is 0 Å². The molecule has 0 radical (unpaired) electrons. The number of rotatable bonds is 5. The SMILES string of the molecule is O=C([O-])CCCCC(=O)[O-].[Li+].[Na+]. The third kappa shape index (κ3) is 16.9. The van der Waals surface area contributed by atoms with E-state index < -0.39 is 11.9 Å². The van der Waals surface area contributed by atoms with Gasteiger partial charge in [-0.2, -0.15) is 0 Å². The zero-order valence-corrected chi connectivity index (χ0v) is 9.46. The summed E-state index contributed by atoms with van der Waals surface area (Å²) in [5.74, 6) is -2.28. The summed E-state index contributed by atoms with van der Waals surface area (Å²) in [6.45, 7) is 0. The van der Waals surface area contributed by atoms with Crippen molar-refractivity contribution in [3.63, 3.8) is 0 Å². The van der Waals surface area contributed by atoms with E-state index in [1.54, 1.807) is 0 Å². The first kappa shape index (κ1) is 18.3. The maximum Gasteiger partial charge on any atom is 1.00 e. The molecule has 0 N–H and O–H groups in total. The number of unbranched alkanes of at least 4 members (excludes halogenated alkanes) is 1. The summed E-state index contributed by atoms with van der Waals surface area (Å²) in [6, 6.07) is 0. The molecular formula is C6H8LiNaO4. The third-order valence-corrected chi connectivity index (χ3v) is 1.01. The van der Waals surface area contributed by atoms with Crippen molar-refractivity contribution >= 4 is 11.9 Å². The molecule has 0 atom stereocenters. The number of aliphatic carboxylic acids is 2. The van der Waals surface area contributed by atoms with E-state index in [9.17, 15) is 19.8 Å². The van der Waals surface area contributed by atoms with E-state index in [4.69, 9.17) is 0 Å². The van der Waals surface area contributed by atoms with Crippen molar-refractivity contribution in [1.82, 2.24) is 0 Å². The number of carbonyl (C=O) groups is 2. The van der Waals surface area contributed by atoms with Gasteiger partial charge in [-0.15, -0.1) is 0 Å². The molecule has 0 aliphatic carbocycles. The van der Waals surface area contributed by atoms with Gasteiger partial charge in [0.1, 0.15) is 0 Å². The summed E-state index contributed by atoms with van der Waals surface area (Å²) in [5.41, 5.74) is 0. The van der Waals surface area contributed by atoms with Gasteiger partial charge in [0.2, 0.25) is 0 Å². The Balaban J connectivity index is -0.000000405. The molecule has 0 aromatic carbocycles. The molecular weight excluding hydrogens is 166 g/mol. The summed E-state index contributed by atoms with van der Waals surface area (Å²) in [5, 5.41) is 19.5. The van der Waals surface area contributed by atoms with Crippen molar-refractivity contribution < 1.29 is 68.2 Å². The van der Waals surface area contributed by atoms with Crippen LogP contribution in [0, 0.1) is 0 Å². The number of hydrogen-bond donors (Lipinski definition) is 0. The van der Waals surface area contributed by atoms with E-state index in [0.29, 0.717) is 12.8 Å². The van der Waals surface area contributed by atoms with E-state index in [1.807, 2.05) is 0 Å². The molecule has 0 unspecified atom stereocenters. The molecule has 0 aliphatic heterocycles. The molecule has 0 saturated heterocycles. The summed E-state index contributed by atoms with van der Waals surface area (Å²) in [4.78, 5) is 19.5. The molecule has 12 heavy (non-hydrogen) atoms. The van der Waals surface area contributed by atoms with Crippen LogP contribution in [0.1, 0.15) is 25.7 Å². The molecule has 0 bridgehead atoms. The fourth-order valence-corrected chi connectivity index (χ4v) is 0.539. The van der Waals surface area contributed by atoms with Gasteiger partial charge in [-0.3, -0.25) is 0 Å². The molecule has 0 aromatic heterocycles. The molecule has 4 nitrogen and oxygen atoms in total. The van der Waals surface area contributed by atoms with Crippen molar-refractivity contribution in [1.29, 1.82) is 0 Å². The molecule has 0 fully saturated rings. The predicted octanol–water partition coefficient (Wildman–Crippen LogP) is -7.95. The number of carbonyl (C=O) groups excluding carboxylic acids is 2. The van der Waals surface area contributed by atoms with Crippen LogP contribution in [0.5, 0.6) is 0 Å². The Morgan fingerprint density at radius 1 is 0.917 bits per heavy atom. The minimum atomic E-state index is -1.14. The molecule has 6 heteroatoms. The Kier molecular flexibility index (Phi) is 17.6. The van der Waals surface area contributed by atoms with E-state index in [2.05, 4.69) is 0 Å². The van der Waals surface area contributed by atoms with Crippen LogP contribution in [0.15, 0.2) is 0 Å². The summed E-state index contributed by atoms with van der Waals surface area (Å²) >= 11 is 0. The van der Waals surface area contributed by atoms with Gasteiger partial charge in [0.15, 0.2) is 0 Å². The summed E-state index contributed by atoms with van der Waals surface area (Å²) < 4.78 is 0. The molecule has 0 amide bonds. The average molecular weight is 174 g/mol. The van der Waals surface area contributed by atoms with Gasteiger partial charge >= 0.3 is 48.4 Å². The first-order valence-electron chi connectivity index (χ1n) is 3.02. The maximum atomic E-state index is 9.77. The van der Waals surface area contributed by atoms with Gasteiger partial charge in [-0.05, 0) is 25.7 Å². The predicted molar refractivity (Wildman–Crippen MR) is 28.5 cm³/mol. The van der Waals surface area contributed by atoms with E-state index in [1.165, 1.54) is 0 Å². The third-order valence-electron chi connectivity index (χ3n) is 1.01. The second-order valence-electron chi connectivity index (χ2n) is 1.95. The Hall–Kier alpha value is 0.537. The minimum absolute atomic E-state index is 0. The normalized spacial score (nSPS) is 7.67. The molecule has 0 aliphatic rings. The van der Waals surface area contributed by atoms with Crippen LogP contribution in [0.4, 0.5) is 0 Å². The van der Waals surface area contributed by atoms with E-state index >= 15 is 0 Å². The van der Waals surface area contributed by atoms with Crippen LogP contribution < -0.4 is 58.6 Å². The second kappa shape index (κ2) is 11.5. The van der Waals surface area contributed by atoms with Gasteiger partial charge in [-0.1, -0.05) is 0 Å². The minimum Gasteiger partial charge on any atom is -0.550 e. The average Bonchev–Trinajstić information content (AvgIpc) is 1.79. The molecule has 58 valence electrons. The maximum absolute atomic E-state index is 9.77. The van der Waals surface area contributed by atoms with Gasteiger partial charge < -0.3 is 19.8 Å². The van der Waals surface area contributed by atoms with Crippen LogP contribution in [-0.4, -0.2) is 11.9 Å². The molecule has 0 aromatic rings. The molecule has 0 rings (SSSR count). The second-order valence-corrected chi connectivity index (χ2v) is 1.95. The van der Waals surface area contributed by atoms with Gasteiger partial charge in [0, 0.05) is 11.9 Å². The first-order chi connectivity index (χ1) is 4.63. The van der Waals surface area contributed by atoms with Crippen LogP contribution in [0.2, 0.25) is 0 Å². The summed E-state index contributed by atoms with van der Waals surface area (Å²) in [7, 11) is 0. The molecule has 0 heterocycles. The zero-order chi connectivity index (χ0) is 7.98. The monoisotopic (exact) mass is 174 g/mol. The van der Waals surface area contributed by atoms with Crippen molar-refractivity contribution in [2.45, 2.75) is 25.7 Å². The van der Waals surface area contributed by atoms with Crippen LogP contribution in [0.25, 0.3) is 0 Å². The number of carboxylic acids is 2. The van der Waals surface area contributed by atoms with E-state index in [0.717, 1.165) is 0 Å². The van der Waals surface area contributed by atoms with Crippen molar-refractivity contribution in [3.8, 4) is 0 Å². The van der Waals surface area contributed by atoms with Gasteiger partial charge in [0.05, 0.1) is 0 Å². The largest absolute Gasteiger partial charge is 1.00 e. The number of carboxylic acid groups (broad SMARTS) is 2. The van der Waals surface area contributed by atoms with Crippen molar-refractivity contribution in [3.05, 3.63) is 0 Å². The van der Waals surface area contributed by atoms with Gasteiger partial charge in [-0.25, -0.2) is 0 Å².